The highest BCUT2D eigenvalue weighted by Gasteiger charge is 2.36. The smallest absolute Gasteiger partial charge is 0.232 e. The monoisotopic (exact) mass is 579 g/mol. The molecule has 8 amide bonds. The summed E-state index contributed by atoms with van der Waals surface area (Å²) >= 11 is 0. The molecule has 2 rings (SSSR count). The van der Waals surface area contributed by atoms with E-state index in [0.717, 1.165) is 9.80 Å². The van der Waals surface area contributed by atoms with Crippen molar-refractivity contribution in [3.05, 3.63) is 0 Å². The molecular weight excluding hydrogens is 538 g/mol. The van der Waals surface area contributed by atoms with Crippen LogP contribution < -0.4 is 26.6 Å². The van der Waals surface area contributed by atoms with Crippen LogP contribution in [-0.4, -0.2) is 109 Å². The van der Waals surface area contributed by atoms with Crippen molar-refractivity contribution in [3.63, 3.8) is 0 Å². The molecule has 228 valence electrons. The quantitative estimate of drug-likeness (QED) is 0.0903. The van der Waals surface area contributed by atoms with Crippen molar-refractivity contribution in [1.82, 2.24) is 36.4 Å². The number of carbonyl (C=O) groups is 8. The molecule has 0 aromatic carbocycles. The summed E-state index contributed by atoms with van der Waals surface area (Å²) in [6, 6.07) is -0.435. The molecule has 0 aliphatic carbocycles. The number of hydrogen-bond acceptors (Lipinski definition) is 9. The molecule has 2 fully saturated rings. The van der Waals surface area contributed by atoms with Gasteiger partial charge in [-0.05, 0) is 7.05 Å². The molecule has 2 saturated heterocycles. The standard InChI is InChI=1S/C26H41N7O8/c1-16-12-23(38)32(25(16)40)10-4-19(34)28-6-8-30-21(36)14-18(27-3)15-22(37)31-9-7-29-20(35)5-11-33-24(39)13-17(2)26(33)41/h16-18,27H,4-15H2,1-3H3,(H,28,34)(H,29,35)(H,30,36)(H,31,37). The van der Waals surface area contributed by atoms with Gasteiger partial charge in [-0.1, -0.05) is 13.8 Å². The molecule has 2 heterocycles. The third-order valence-electron chi connectivity index (χ3n) is 6.87. The lowest BCUT2D eigenvalue weighted by Gasteiger charge is -2.16. The van der Waals surface area contributed by atoms with Gasteiger partial charge < -0.3 is 26.6 Å². The Morgan fingerprint density at radius 2 is 1.00 bits per heavy atom. The first-order valence-corrected chi connectivity index (χ1v) is 13.8. The molecule has 0 spiro atoms. The fourth-order valence-electron chi connectivity index (χ4n) is 4.45. The molecule has 0 radical (unpaired) electrons. The van der Waals surface area contributed by atoms with E-state index in [1.54, 1.807) is 20.9 Å². The van der Waals surface area contributed by atoms with Gasteiger partial charge in [0.2, 0.25) is 47.3 Å². The van der Waals surface area contributed by atoms with Gasteiger partial charge in [-0.15, -0.1) is 0 Å². The summed E-state index contributed by atoms with van der Waals surface area (Å²) < 4.78 is 0. The summed E-state index contributed by atoms with van der Waals surface area (Å²) in [5, 5.41) is 13.5. The predicted molar refractivity (Wildman–Crippen MR) is 144 cm³/mol. The largest absolute Gasteiger partial charge is 0.354 e. The Balaban J connectivity index is 1.53. The van der Waals surface area contributed by atoms with E-state index in [9.17, 15) is 38.4 Å². The Bertz CT molecular complexity index is 955. The Labute approximate surface area is 238 Å². The summed E-state index contributed by atoms with van der Waals surface area (Å²) in [6.45, 7) is 4.08. The summed E-state index contributed by atoms with van der Waals surface area (Å²) in [4.78, 5) is 97.9. The van der Waals surface area contributed by atoms with E-state index < -0.39 is 6.04 Å². The summed E-state index contributed by atoms with van der Waals surface area (Å²) in [7, 11) is 1.62. The number of hydrogen-bond donors (Lipinski definition) is 5. The van der Waals surface area contributed by atoms with E-state index in [2.05, 4.69) is 26.6 Å². The average molecular weight is 580 g/mol. The van der Waals surface area contributed by atoms with Gasteiger partial charge in [-0.25, -0.2) is 0 Å². The lowest BCUT2D eigenvalue weighted by molar-refractivity contribution is -0.141. The first kappa shape index (κ1) is 33.3. The molecule has 15 heteroatoms. The molecule has 2 unspecified atom stereocenters. The van der Waals surface area contributed by atoms with Crippen molar-refractivity contribution >= 4 is 47.3 Å². The van der Waals surface area contributed by atoms with Crippen LogP contribution >= 0.6 is 0 Å². The van der Waals surface area contributed by atoms with Crippen LogP contribution in [0.3, 0.4) is 0 Å². The number of rotatable bonds is 17. The van der Waals surface area contributed by atoms with Crippen LogP contribution in [0.25, 0.3) is 0 Å². The Morgan fingerprint density at radius 3 is 1.29 bits per heavy atom. The fourth-order valence-corrected chi connectivity index (χ4v) is 4.45. The van der Waals surface area contributed by atoms with E-state index in [-0.39, 0.29) is 137 Å². The van der Waals surface area contributed by atoms with Crippen molar-refractivity contribution in [2.45, 2.75) is 58.4 Å². The van der Waals surface area contributed by atoms with E-state index >= 15 is 0 Å². The van der Waals surface area contributed by atoms with E-state index in [4.69, 9.17) is 0 Å². The van der Waals surface area contributed by atoms with Crippen molar-refractivity contribution < 1.29 is 38.4 Å². The first-order chi connectivity index (χ1) is 19.4. The minimum atomic E-state index is -0.435. The molecule has 2 aliphatic heterocycles. The van der Waals surface area contributed by atoms with Crippen molar-refractivity contribution in [2.24, 2.45) is 11.8 Å². The number of carbonyl (C=O) groups excluding carboxylic acids is 8. The zero-order valence-corrected chi connectivity index (χ0v) is 23.9. The molecule has 0 aromatic heterocycles. The van der Waals surface area contributed by atoms with Crippen molar-refractivity contribution in [3.8, 4) is 0 Å². The highest BCUT2D eigenvalue weighted by Crippen LogP contribution is 2.19. The van der Waals surface area contributed by atoms with Crippen LogP contribution in [0.1, 0.15) is 52.4 Å². The second-order valence-electron chi connectivity index (χ2n) is 10.3. The molecule has 0 bridgehead atoms. The van der Waals surface area contributed by atoms with Gasteiger partial charge in [0.05, 0.1) is 0 Å². The topological polar surface area (TPSA) is 203 Å². The molecule has 2 aliphatic rings. The summed E-state index contributed by atoms with van der Waals surface area (Å²) in [5.74, 6) is -3.12. The predicted octanol–water partition coefficient (Wildman–Crippen LogP) is -2.61. The second kappa shape index (κ2) is 16.4. The maximum Gasteiger partial charge on any atom is 0.232 e. The van der Waals surface area contributed by atoms with Crippen LogP contribution in [0, 0.1) is 11.8 Å². The lowest BCUT2D eigenvalue weighted by atomic mass is 10.1. The summed E-state index contributed by atoms with van der Waals surface area (Å²) in [5.41, 5.74) is 0. The van der Waals surface area contributed by atoms with Crippen LogP contribution in [0.2, 0.25) is 0 Å². The number of imide groups is 2. The van der Waals surface area contributed by atoms with Gasteiger partial charge in [-0.2, -0.15) is 0 Å². The molecule has 0 aromatic rings. The zero-order chi connectivity index (χ0) is 30.5. The zero-order valence-electron chi connectivity index (χ0n) is 23.9. The van der Waals surface area contributed by atoms with Crippen molar-refractivity contribution in [1.29, 1.82) is 0 Å². The molecule has 5 N–H and O–H groups in total. The number of likely N-dealkylation sites (tertiary alicyclic amines) is 2. The van der Waals surface area contributed by atoms with Crippen LogP contribution in [0.15, 0.2) is 0 Å². The van der Waals surface area contributed by atoms with Gasteiger partial charge in [0.25, 0.3) is 0 Å². The van der Waals surface area contributed by atoms with Gasteiger partial charge >= 0.3 is 0 Å². The third-order valence-corrected chi connectivity index (χ3v) is 6.87. The summed E-state index contributed by atoms with van der Waals surface area (Å²) in [6.07, 6.45) is 0.344. The highest BCUT2D eigenvalue weighted by atomic mass is 16.2. The SMILES string of the molecule is CNC(CC(=O)NCCNC(=O)CCN1C(=O)CC(C)C1=O)CC(=O)NCCNC(=O)CCN1C(=O)CC(C)C1=O. The molecule has 0 saturated carbocycles. The van der Waals surface area contributed by atoms with Crippen molar-refractivity contribution in [2.75, 3.05) is 46.3 Å². The van der Waals surface area contributed by atoms with Gasteiger partial charge in [-0.3, -0.25) is 48.2 Å². The highest BCUT2D eigenvalue weighted by molar-refractivity contribution is 6.04. The maximum absolute atomic E-state index is 12.2. The lowest BCUT2D eigenvalue weighted by Crippen LogP contribution is -2.42. The molecule has 2 atom stereocenters. The van der Waals surface area contributed by atoms with Gasteiger partial charge in [0.1, 0.15) is 0 Å². The van der Waals surface area contributed by atoms with E-state index in [1.165, 1.54) is 0 Å². The number of nitrogens with one attached hydrogen (secondary N) is 5. The minimum absolute atomic E-state index is 0.0152. The van der Waals surface area contributed by atoms with E-state index in [1.807, 2.05) is 0 Å². The average Bonchev–Trinajstić information content (AvgIpc) is 3.31. The van der Waals surface area contributed by atoms with Crippen LogP contribution in [-0.2, 0) is 38.4 Å². The van der Waals surface area contributed by atoms with Gasteiger partial charge in [0, 0.05) is 95.7 Å². The Kier molecular flexibility index (Phi) is 13.3. The number of nitrogens with zero attached hydrogens (tertiary/aromatic N) is 2. The first-order valence-electron chi connectivity index (χ1n) is 13.8. The normalized spacial score (nSPS) is 19.4. The Hall–Kier alpha value is -3.88. The minimum Gasteiger partial charge on any atom is -0.354 e. The van der Waals surface area contributed by atoms with Crippen LogP contribution in [0.5, 0.6) is 0 Å². The second-order valence-corrected chi connectivity index (χ2v) is 10.3. The third kappa shape index (κ3) is 10.9. The molecular formula is C26H41N7O8. The van der Waals surface area contributed by atoms with Gasteiger partial charge in [0.15, 0.2) is 0 Å². The Morgan fingerprint density at radius 1 is 0.659 bits per heavy atom. The fraction of sp³-hybridized carbons (Fsp3) is 0.692. The van der Waals surface area contributed by atoms with Crippen LogP contribution in [0.4, 0.5) is 0 Å². The van der Waals surface area contributed by atoms with E-state index in [0.29, 0.717) is 0 Å². The maximum atomic E-state index is 12.2. The molecule has 15 nitrogen and oxygen atoms in total. The number of amides is 8. The molecule has 41 heavy (non-hydrogen) atoms.